The van der Waals surface area contributed by atoms with Crippen LogP contribution in [-0.4, -0.2) is 23.6 Å². The van der Waals surface area contributed by atoms with E-state index in [0.717, 1.165) is 16.6 Å². The number of benzene rings is 1. The number of rotatable bonds is 7. The van der Waals surface area contributed by atoms with Crippen LogP contribution in [-0.2, 0) is 6.61 Å². The summed E-state index contributed by atoms with van der Waals surface area (Å²) in [4.78, 5) is 15.6. The van der Waals surface area contributed by atoms with E-state index in [1.54, 1.807) is 6.20 Å². The van der Waals surface area contributed by atoms with Crippen molar-refractivity contribution in [3.8, 4) is 11.5 Å². The summed E-state index contributed by atoms with van der Waals surface area (Å²) in [6.07, 6.45) is 1.69. The van der Waals surface area contributed by atoms with Crippen LogP contribution in [0.1, 0.15) is 11.8 Å². The molecule has 2 rings (SSSR count). The van der Waals surface area contributed by atoms with E-state index >= 15 is 0 Å². The third-order valence-electron chi connectivity index (χ3n) is 2.62. The maximum Gasteiger partial charge on any atom is 0.311 e. The predicted molar refractivity (Wildman–Crippen MR) is 80.3 cm³/mol. The average molecular weight is 309 g/mol. The van der Waals surface area contributed by atoms with Gasteiger partial charge in [0.25, 0.3) is 0 Å². The molecule has 2 aromatic rings. The van der Waals surface area contributed by atoms with Gasteiger partial charge in [-0.25, -0.2) is 4.98 Å². The zero-order valence-electron chi connectivity index (χ0n) is 11.7. The first-order valence-corrected chi connectivity index (χ1v) is 7.09. The smallest absolute Gasteiger partial charge is 0.311 e. The Kier molecular flexibility index (Phi) is 4.94. The van der Waals surface area contributed by atoms with E-state index < -0.39 is 4.92 Å². The molecule has 8 heteroatoms. The highest BCUT2D eigenvalue weighted by Gasteiger charge is 2.16. The maximum atomic E-state index is 11.0. The van der Waals surface area contributed by atoms with Crippen LogP contribution in [0.4, 0.5) is 10.8 Å². The summed E-state index contributed by atoms with van der Waals surface area (Å²) in [5, 5.41) is 14.9. The Morgan fingerprint density at radius 1 is 1.48 bits per heavy atom. The van der Waals surface area contributed by atoms with E-state index in [1.807, 2.05) is 6.92 Å². The van der Waals surface area contributed by atoms with Gasteiger partial charge in [0.05, 0.1) is 16.9 Å². The SMILES string of the molecule is CCNc1ncc(COc2cc(OC)ccc2[N+](=O)[O-])s1. The van der Waals surface area contributed by atoms with Crippen LogP contribution in [0.25, 0.3) is 0 Å². The molecule has 21 heavy (non-hydrogen) atoms. The molecular weight excluding hydrogens is 294 g/mol. The molecule has 0 aliphatic rings. The third kappa shape index (κ3) is 3.82. The number of nitrogens with one attached hydrogen (secondary N) is 1. The number of hydrogen-bond acceptors (Lipinski definition) is 7. The fourth-order valence-electron chi connectivity index (χ4n) is 1.64. The number of hydrogen-bond donors (Lipinski definition) is 1. The standard InChI is InChI=1S/C13H15N3O4S/c1-3-14-13-15-7-10(21-13)8-20-12-6-9(19-2)4-5-11(12)16(17)18/h4-7H,3,8H2,1-2H3,(H,14,15). The number of nitro benzene ring substituents is 1. The largest absolute Gasteiger partial charge is 0.497 e. The van der Waals surface area contributed by atoms with E-state index in [1.165, 1.54) is 36.6 Å². The summed E-state index contributed by atoms with van der Waals surface area (Å²) in [5.74, 6) is 0.686. The highest BCUT2D eigenvalue weighted by molar-refractivity contribution is 7.15. The van der Waals surface area contributed by atoms with Crippen molar-refractivity contribution in [1.29, 1.82) is 0 Å². The van der Waals surface area contributed by atoms with Crippen LogP contribution in [0.5, 0.6) is 11.5 Å². The number of anilines is 1. The van der Waals surface area contributed by atoms with Crippen molar-refractivity contribution < 1.29 is 14.4 Å². The molecule has 1 N–H and O–H groups in total. The van der Waals surface area contributed by atoms with Crippen LogP contribution < -0.4 is 14.8 Å². The van der Waals surface area contributed by atoms with Gasteiger partial charge in [-0.3, -0.25) is 10.1 Å². The number of thiazole rings is 1. The van der Waals surface area contributed by atoms with Gasteiger partial charge in [-0.05, 0) is 13.0 Å². The second-order valence-corrected chi connectivity index (χ2v) is 5.16. The van der Waals surface area contributed by atoms with Gasteiger partial charge in [0.2, 0.25) is 5.75 Å². The summed E-state index contributed by atoms with van der Waals surface area (Å²) < 4.78 is 10.6. The molecule has 0 saturated carbocycles. The minimum Gasteiger partial charge on any atom is -0.497 e. The molecule has 112 valence electrons. The molecule has 0 atom stereocenters. The molecule has 1 aromatic heterocycles. The summed E-state index contributed by atoms with van der Waals surface area (Å²) in [5.41, 5.74) is -0.0905. The normalized spacial score (nSPS) is 10.2. The Morgan fingerprint density at radius 2 is 2.29 bits per heavy atom. The molecule has 0 unspecified atom stereocenters. The van der Waals surface area contributed by atoms with Crippen molar-refractivity contribution in [2.45, 2.75) is 13.5 Å². The van der Waals surface area contributed by atoms with Gasteiger partial charge in [0.15, 0.2) is 5.13 Å². The lowest BCUT2D eigenvalue weighted by molar-refractivity contribution is -0.386. The first-order valence-electron chi connectivity index (χ1n) is 6.27. The van der Waals surface area contributed by atoms with E-state index in [2.05, 4.69) is 10.3 Å². The van der Waals surface area contributed by atoms with Crippen molar-refractivity contribution in [2.24, 2.45) is 0 Å². The van der Waals surface area contributed by atoms with Crippen molar-refractivity contribution >= 4 is 22.2 Å². The molecule has 0 aliphatic heterocycles. The van der Waals surface area contributed by atoms with E-state index in [4.69, 9.17) is 9.47 Å². The average Bonchev–Trinajstić information content (AvgIpc) is 2.92. The summed E-state index contributed by atoms with van der Waals surface area (Å²) >= 11 is 1.45. The van der Waals surface area contributed by atoms with Crippen molar-refractivity contribution in [3.05, 3.63) is 39.4 Å². The quantitative estimate of drug-likeness (QED) is 0.625. The van der Waals surface area contributed by atoms with Gasteiger partial charge < -0.3 is 14.8 Å². The molecule has 0 saturated heterocycles. The Morgan fingerprint density at radius 3 is 2.95 bits per heavy atom. The van der Waals surface area contributed by atoms with Crippen LogP contribution in [0.15, 0.2) is 24.4 Å². The lowest BCUT2D eigenvalue weighted by Crippen LogP contribution is -1.98. The van der Waals surface area contributed by atoms with E-state index in [-0.39, 0.29) is 18.0 Å². The van der Waals surface area contributed by atoms with Crippen molar-refractivity contribution in [1.82, 2.24) is 4.98 Å². The summed E-state index contributed by atoms with van der Waals surface area (Å²) in [6, 6.07) is 4.40. The molecule has 0 fully saturated rings. The lowest BCUT2D eigenvalue weighted by Gasteiger charge is -2.07. The number of nitrogens with zero attached hydrogens (tertiary/aromatic N) is 2. The van der Waals surface area contributed by atoms with E-state index in [9.17, 15) is 10.1 Å². The highest BCUT2D eigenvalue weighted by Crippen LogP contribution is 2.32. The minimum atomic E-state index is -0.481. The predicted octanol–water partition coefficient (Wildman–Crippen LogP) is 3.07. The third-order valence-corrected chi connectivity index (χ3v) is 3.54. The Hall–Kier alpha value is -2.35. The second kappa shape index (κ2) is 6.89. The molecule has 0 aliphatic carbocycles. The fourth-order valence-corrected chi connectivity index (χ4v) is 2.44. The molecule has 0 amide bonds. The summed E-state index contributed by atoms with van der Waals surface area (Å²) in [7, 11) is 1.50. The van der Waals surface area contributed by atoms with Crippen LogP contribution >= 0.6 is 11.3 Å². The molecule has 1 heterocycles. The van der Waals surface area contributed by atoms with Crippen LogP contribution in [0.2, 0.25) is 0 Å². The fraction of sp³-hybridized carbons (Fsp3) is 0.308. The zero-order valence-corrected chi connectivity index (χ0v) is 12.5. The van der Waals surface area contributed by atoms with Gasteiger partial charge in [-0.1, -0.05) is 11.3 Å². The van der Waals surface area contributed by atoms with Gasteiger partial charge >= 0.3 is 5.69 Å². The number of methoxy groups -OCH3 is 1. The Labute approximate surface area is 125 Å². The number of aromatic nitrogens is 1. The van der Waals surface area contributed by atoms with Crippen molar-refractivity contribution in [2.75, 3.05) is 19.0 Å². The maximum absolute atomic E-state index is 11.0. The monoisotopic (exact) mass is 309 g/mol. The molecule has 7 nitrogen and oxygen atoms in total. The number of nitro groups is 1. The minimum absolute atomic E-state index is 0.0905. The highest BCUT2D eigenvalue weighted by atomic mass is 32.1. The molecule has 0 bridgehead atoms. The van der Waals surface area contributed by atoms with Gasteiger partial charge in [-0.2, -0.15) is 0 Å². The first kappa shape index (κ1) is 15.0. The Bertz CT molecular complexity index is 630. The Balaban J connectivity index is 2.12. The van der Waals surface area contributed by atoms with Gasteiger partial charge in [0.1, 0.15) is 12.4 Å². The second-order valence-electron chi connectivity index (χ2n) is 4.04. The molecule has 0 radical (unpaired) electrons. The first-order chi connectivity index (χ1) is 10.1. The molecule has 0 spiro atoms. The van der Waals surface area contributed by atoms with E-state index in [0.29, 0.717) is 5.75 Å². The zero-order chi connectivity index (χ0) is 15.2. The number of ether oxygens (including phenoxy) is 2. The molecular formula is C13H15N3O4S. The summed E-state index contributed by atoms with van der Waals surface area (Å²) in [6.45, 7) is 2.99. The van der Waals surface area contributed by atoms with Crippen LogP contribution in [0.3, 0.4) is 0 Å². The topological polar surface area (TPSA) is 86.5 Å². The molecule has 1 aromatic carbocycles. The van der Waals surface area contributed by atoms with Crippen LogP contribution in [0, 0.1) is 10.1 Å². The lowest BCUT2D eigenvalue weighted by atomic mass is 10.3. The van der Waals surface area contributed by atoms with Gasteiger partial charge in [0, 0.05) is 24.9 Å². The van der Waals surface area contributed by atoms with Crippen molar-refractivity contribution in [3.63, 3.8) is 0 Å². The van der Waals surface area contributed by atoms with Gasteiger partial charge in [-0.15, -0.1) is 0 Å².